The minimum Gasteiger partial charge on any atom is -0.469 e. The zero-order valence-corrected chi connectivity index (χ0v) is 17.7. The molecule has 31 heavy (non-hydrogen) atoms. The summed E-state index contributed by atoms with van der Waals surface area (Å²) in [5.41, 5.74) is 6.16. The number of aryl methyl sites for hydroxylation is 1. The Kier molecular flexibility index (Phi) is 6.06. The van der Waals surface area contributed by atoms with Crippen molar-refractivity contribution in [2.75, 3.05) is 25.6 Å². The van der Waals surface area contributed by atoms with E-state index < -0.39 is 0 Å². The van der Waals surface area contributed by atoms with E-state index in [4.69, 9.17) is 9.15 Å². The summed E-state index contributed by atoms with van der Waals surface area (Å²) in [6.07, 6.45) is 3.57. The Hall–Kier alpha value is -3.16. The Morgan fingerprint density at radius 1 is 1.19 bits per heavy atom. The average molecular weight is 427 g/mol. The molecule has 4 rings (SSSR count). The van der Waals surface area contributed by atoms with Crippen LogP contribution in [-0.2, 0) is 16.0 Å². The molecule has 1 aromatic carbocycles. The molecule has 1 saturated heterocycles. The van der Waals surface area contributed by atoms with E-state index >= 15 is 0 Å². The van der Waals surface area contributed by atoms with Gasteiger partial charge in [0.2, 0.25) is 0 Å². The van der Waals surface area contributed by atoms with E-state index in [0.717, 1.165) is 41.9 Å². The minimum atomic E-state index is -0.303. The number of fused-ring (bicyclic) bond motifs is 1. The van der Waals surface area contributed by atoms with Gasteiger partial charge in [-0.1, -0.05) is 0 Å². The fraction of sp³-hybridized carbons (Fsp3) is 0.435. The molecular weight excluding hydrogens is 401 g/mol. The van der Waals surface area contributed by atoms with Crippen molar-refractivity contribution in [2.45, 2.75) is 39.0 Å². The van der Waals surface area contributed by atoms with Crippen LogP contribution in [0.2, 0.25) is 0 Å². The molecule has 1 aromatic heterocycles. The highest BCUT2D eigenvalue weighted by atomic mass is 19.1. The van der Waals surface area contributed by atoms with Crippen molar-refractivity contribution >= 4 is 23.3 Å². The maximum absolute atomic E-state index is 13.1. The molecule has 0 saturated carbocycles. The molecule has 2 aromatic rings. The number of nitrogens with zero attached hydrogens (tertiary/aromatic N) is 2. The van der Waals surface area contributed by atoms with Gasteiger partial charge in [-0.2, -0.15) is 5.10 Å². The summed E-state index contributed by atoms with van der Waals surface area (Å²) in [5.74, 6) is 0.292. The van der Waals surface area contributed by atoms with Gasteiger partial charge in [0.05, 0.1) is 24.4 Å². The summed E-state index contributed by atoms with van der Waals surface area (Å²) in [4.78, 5) is 26.6. The molecule has 0 spiro atoms. The third kappa shape index (κ3) is 4.33. The van der Waals surface area contributed by atoms with Gasteiger partial charge in [-0.05, 0) is 56.9 Å². The molecule has 1 aliphatic carbocycles. The molecular formula is C23H26FN3O4. The second-order valence-corrected chi connectivity index (χ2v) is 7.97. The van der Waals surface area contributed by atoms with Crippen molar-refractivity contribution in [3.05, 3.63) is 52.7 Å². The first kappa shape index (κ1) is 21.1. The molecule has 164 valence electrons. The number of piperidine rings is 1. The zero-order valence-electron chi connectivity index (χ0n) is 17.7. The van der Waals surface area contributed by atoms with Gasteiger partial charge in [0.25, 0.3) is 5.91 Å². The number of hydrogen-bond donors (Lipinski definition) is 1. The van der Waals surface area contributed by atoms with Crippen LogP contribution in [0.3, 0.4) is 0 Å². The van der Waals surface area contributed by atoms with Crippen molar-refractivity contribution in [3.8, 4) is 0 Å². The van der Waals surface area contributed by atoms with Crippen LogP contribution >= 0.6 is 0 Å². The van der Waals surface area contributed by atoms with Crippen LogP contribution in [0, 0.1) is 18.7 Å². The smallest absolute Gasteiger partial charge is 0.308 e. The van der Waals surface area contributed by atoms with Crippen LogP contribution in [0.5, 0.6) is 0 Å². The highest BCUT2D eigenvalue weighted by Gasteiger charge is 2.33. The predicted octanol–water partition coefficient (Wildman–Crippen LogP) is 3.90. The first-order valence-corrected chi connectivity index (χ1v) is 10.6. The van der Waals surface area contributed by atoms with Crippen molar-refractivity contribution < 1.29 is 23.1 Å². The van der Waals surface area contributed by atoms with Gasteiger partial charge >= 0.3 is 5.97 Å². The van der Waals surface area contributed by atoms with Gasteiger partial charge in [0.15, 0.2) is 5.76 Å². The van der Waals surface area contributed by atoms with E-state index in [0.29, 0.717) is 37.4 Å². The summed E-state index contributed by atoms with van der Waals surface area (Å²) in [6, 6.07) is 5.99. The molecule has 1 amide bonds. The van der Waals surface area contributed by atoms with E-state index in [9.17, 15) is 14.0 Å². The number of ether oxygens (including phenoxy) is 1. The molecule has 0 unspecified atom stereocenters. The quantitative estimate of drug-likeness (QED) is 0.591. The number of anilines is 1. The molecule has 1 fully saturated rings. The van der Waals surface area contributed by atoms with E-state index in [-0.39, 0.29) is 23.6 Å². The number of rotatable bonds is 4. The number of amides is 1. The number of benzene rings is 1. The predicted molar refractivity (Wildman–Crippen MR) is 114 cm³/mol. The minimum absolute atomic E-state index is 0.152. The Morgan fingerprint density at radius 3 is 2.58 bits per heavy atom. The van der Waals surface area contributed by atoms with E-state index in [1.807, 2.05) is 6.92 Å². The summed E-state index contributed by atoms with van der Waals surface area (Å²) in [7, 11) is 1.39. The molecule has 2 aliphatic rings. The largest absolute Gasteiger partial charge is 0.469 e. The van der Waals surface area contributed by atoms with Gasteiger partial charge < -0.3 is 14.1 Å². The van der Waals surface area contributed by atoms with Crippen LogP contribution < -0.4 is 5.43 Å². The maximum atomic E-state index is 13.1. The molecule has 0 atom stereocenters. The topological polar surface area (TPSA) is 84.1 Å². The number of furan rings is 1. The average Bonchev–Trinajstić information content (AvgIpc) is 3.15. The van der Waals surface area contributed by atoms with Gasteiger partial charge in [-0.25, -0.2) is 4.39 Å². The van der Waals surface area contributed by atoms with E-state index in [1.54, 1.807) is 17.0 Å². The number of likely N-dealkylation sites (tertiary alicyclic amines) is 1. The summed E-state index contributed by atoms with van der Waals surface area (Å²) in [5, 5.41) is 4.52. The third-order valence-corrected chi connectivity index (χ3v) is 6.00. The van der Waals surface area contributed by atoms with E-state index in [1.165, 1.54) is 19.2 Å². The van der Waals surface area contributed by atoms with Crippen molar-refractivity contribution in [2.24, 2.45) is 11.0 Å². The number of halogens is 1. The number of carbonyl (C=O) groups excluding carboxylic acids is 2. The normalized spacial score (nSPS) is 18.0. The second-order valence-electron chi connectivity index (χ2n) is 7.97. The monoisotopic (exact) mass is 427 g/mol. The lowest BCUT2D eigenvalue weighted by atomic mass is 9.93. The molecule has 1 N–H and O–H groups in total. The van der Waals surface area contributed by atoms with Crippen molar-refractivity contribution in [3.63, 3.8) is 0 Å². The van der Waals surface area contributed by atoms with Crippen LogP contribution in [-0.4, -0.2) is 42.7 Å². The maximum Gasteiger partial charge on any atom is 0.308 e. The molecule has 2 heterocycles. The highest BCUT2D eigenvalue weighted by molar-refractivity contribution is 6.06. The Balaban J connectivity index is 1.51. The Morgan fingerprint density at radius 2 is 1.90 bits per heavy atom. The number of esters is 1. The SMILES string of the molecule is COC(=O)C1CCN(C(=O)c2oc3c(c2C)/C(=N/Nc2ccc(F)cc2)CCC3)CC1. The standard InChI is InChI=1S/C23H26FN3O4/c1-14-20-18(26-25-17-8-6-16(24)7-9-17)4-3-5-19(20)31-21(14)22(28)27-12-10-15(11-13-27)23(29)30-2/h6-9,15,25H,3-5,10-13H2,1-2H3/b26-18+. The number of nitrogens with one attached hydrogen (secondary N) is 1. The lowest BCUT2D eigenvalue weighted by Gasteiger charge is -2.30. The zero-order chi connectivity index (χ0) is 22.0. The van der Waals surface area contributed by atoms with Gasteiger partial charge in [0, 0.05) is 30.6 Å². The van der Waals surface area contributed by atoms with Crippen LogP contribution in [0.15, 0.2) is 33.8 Å². The molecule has 1 aliphatic heterocycles. The first-order valence-electron chi connectivity index (χ1n) is 10.6. The summed E-state index contributed by atoms with van der Waals surface area (Å²) < 4.78 is 23.9. The number of carbonyl (C=O) groups is 2. The van der Waals surface area contributed by atoms with Gasteiger partial charge in [-0.15, -0.1) is 0 Å². The number of methoxy groups -OCH3 is 1. The van der Waals surface area contributed by atoms with Crippen molar-refractivity contribution in [1.82, 2.24) is 4.90 Å². The van der Waals surface area contributed by atoms with Crippen LogP contribution in [0.4, 0.5) is 10.1 Å². The number of hydrogen-bond acceptors (Lipinski definition) is 6. The fourth-order valence-corrected chi connectivity index (χ4v) is 4.27. The lowest BCUT2D eigenvalue weighted by molar-refractivity contribution is -0.146. The fourth-order valence-electron chi connectivity index (χ4n) is 4.27. The lowest BCUT2D eigenvalue weighted by Crippen LogP contribution is -2.40. The van der Waals surface area contributed by atoms with Crippen molar-refractivity contribution in [1.29, 1.82) is 0 Å². The Labute approximate surface area is 180 Å². The van der Waals surface area contributed by atoms with Gasteiger partial charge in [-0.3, -0.25) is 15.0 Å². The summed E-state index contributed by atoms with van der Waals surface area (Å²) >= 11 is 0. The van der Waals surface area contributed by atoms with Crippen LogP contribution in [0.25, 0.3) is 0 Å². The molecule has 0 bridgehead atoms. The first-order chi connectivity index (χ1) is 15.0. The Bertz CT molecular complexity index is 1000. The number of hydrazone groups is 1. The van der Waals surface area contributed by atoms with E-state index in [2.05, 4.69) is 10.5 Å². The summed E-state index contributed by atoms with van der Waals surface area (Å²) in [6.45, 7) is 2.88. The van der Waals surface area contributed by atoms with Gasteiger partial charge in [0.1, 0.15) is 11.6 Å². The molecule has 8 heteroatoms. The van der Waals surface area contributed by atoms with Crippen LogP contribution in [0.1, 0.15) is 53.1 Å². The second kappa shape index (κ2) is 8.91. The molecule has 0 radical (unpaired) electrons. The molecule has 7 nitrogen and oxygen atoms in total. The highest BCUT2D eigenvalue weighted by Crippen LogP contribution is 2.31. The third-order valence-electron chi connectivity index (χ3n) is 6.00.